The lowest BCUT2D eigenvalue weighted by Crippen LogP contribution is -2.52. The monoisotopic (exact) mass is 505 g/mol. The number of esters is 1. The highest BCUT2D eigenvalue weighted by molar-refractivity contribution is 6.30. The van der Waals surface area contributed by atoms with Gasteiger partial charge in [0.05, 0.1) is 19.2 Å². The summed E-state index contributed by atoms with van der Waals surface area (Å²) in [7, 11) is 1.19. The van der Waals surface area contributed by atoms with Crippen molar-refractivity contribution in [3.05, 3.63) is 104 Å². The summed E-state index contributed by atoms with van der Waals surface area (Å²) in [4.78, 5) is 43.3. The molecule has 3 heterocycles. The number of halogens is 1. The molecule has 2 N–H and O–H groups in total. The van der Waals surface area contributed by atoms with Gasteiger partial charge in [-0.3, -0.25) is 9.59 Å². The Morgan fingerprint density at radius 2 is 1.89 bits per heavy atom. The molecule has 2 aromatic carbocycles. The smallest absolute Gasteiger partial charge is 0.340 e. The van der Waals surface area contributed by atoms with Crippen molar-refractivity contribution in [1.82, 2.24) is 4.57 Å². The first-order valence-electron chi connectivity index (χ1n) is 11.4. The average Bonchev–Trinajstić information content (AvgIpc) is 3.07. The zero-order valence-electron chi connectivity index (χ0n) is 20.0. The normalized spacial score (nSPS) is 18.2. The van der Waals surface area contributed by atoms with Crippen LogP contribution in [-0.2, 0) is 32.8 Å². The molecule has 1 atom stereocenters. The van der Waals surface area contributed by atoms with E-state index in [4.69, 9.17) is 26.8 Å². The van der Waals surface area contributed by atoms with Gasteiger partial charge in [-0.25, -0.2) is 4.79 Å². The van der Waals surface area contributed by atoms with E-state index in [1.807, 2.05) is 13.0 Å². The molecule has 1 unspecified atom stereocenters. The summed E-state index contributed by atoms with van der Waals surface area (Å²) in [5, 5.41) is 0.527. The fraction of sp³-hybridized carbons (Fsp3) is 0.222. The topological polar surface area (TPSA) is 104 Å². The number of anilines is 1. The Kier molecular flexibility index (Phi) is 5.64. The number of nitrogens with zero attached hydrogens (tertiary/aromatic N) is 2. The van der Waals surface area contributed by atoms with Crippen LogP contribution in [0.2, 0.25) is 5.02 Å². The Balaban J connectivity index is 1.87. The maximum Gasteiger partial charge on any atom is 0.340 e. The van der Waals surface area contributed by atoms with E-state index in [2.05, 4.69) is 0 Å². The molecule has 0 fully saturated rings. The number of para-hydroxylation sites is 1. The molecule has 0 bridgehead atoms. The Hall–Kier alpha value is -4.04. The van der Waals surface area contributed by atoms with Crippen molar-refractivity contribution in [3.8, 4) is 5.75 Å². The second kappa shape index (κ2) is 8.57. The minimum Gasteiger partial charge on any atom is -0.465 e. The van der Waals surface area contributed by atoms with Crippen LogP contribution in [0, 0.1) is 6.92 Å². The summed E-state index contributed by atoms with van der Waals surface area (Å²) in [5.74, 6) is -1.50. The molecular formula is C27H24ClN3O5. The number of pyridine rings is 1. The summed E-state index contributed by atoms with van der Waals surface area (Å²) in [6.07, 6.45) is 0. The molecule has 184 valence electrons. The second-order valence-corrected chi connectivity index (χ2v) is 9.13. The number of hydrogen-bond acceptors (Lipinski definition) is 6. The first-order valence-corrected chi connectivity index (χ1v) is 11.8. The van der Waals surface area contributed by atoms with Crippen molar-refractivity contribution in [3.63, 3.8) is 0 Å². The first kappa shape index (κ1) is 23.7. The zero-order valence-corrected chi connectivity index (χ0v) is 20.8. The number of rotatable bonds is 4. The molecule has 0 radical (unpaired) electrons. The number of benzene rings is 2. The van der Waals surface area contributed by atoms with Gasteiger partial charge in [-0.05, 0) is 37.6 Å². The lowest BCUT2D eigenvalue weighted by molar-refractivity contribution is -0.138. The van der Waals surface area contributed by atoms with E-state index < -0.39 is 22.9 Å². The molecule has 9 heteroatoms. The van der Waals surface area contributed by atoms with Crippen molar-refractivity contribution in [2.45, 2.75) is 32.4 Å². The van der Waals surface area contributed by atoms with Crippen LogP contribution in [-0.4, -0.2) is 23.6 Å². The standard InChI is InChI=1S/C27H24ClN3O5/c1-4-30-15(2)12-20-21(24(30)32)27(22(23(29)36-20)25(33)35-3)18-10-5-6-11-19(18)31(26(27)34)14-16-8-7-9-17(28)13-16/h5-13H,4,14,29H2,1-3H3. The van der Waals surface area contributed by atoms with Gasteiger partial charge in [-0.2, -0.15) is 0 Å². The molecule has 36 heavy (non-hydrogen) atoms. The Morgan fingerprint density at radius 3 is 2.58 bits per heavy atom. The number of amides is 1. The van der Waals surface area contributed by atoms with Crippen molar-refractivity contribution in [2.75, 3.05) is 12.0 Å². The van der Waals surface area contributed by atoms with Crippen LogP contribution < -0.4 is 20.9 Å². The number of aromatic nitrogens is 1. The van der Waals surface area contributed by atoms with Gasteiger partial charge in [-0.1, -0.05) is 41.9 Å². The van der Waals surface area contributed by atoms with Crippen LogP contribution >= 0.6 is 11.6 Å². The van der Waals surface area contributed by atoms with Crippen LogP contribution in [0.25, 0.3) is 0 Å². The van der Waals surface area contributed by atoms with Gasteiger partial charge < -0.3 is 24.7 Å². The lowest BCUT2D eigenvalue weighted by Gasteiger charge is -2.36. The van der Waals surface area contributed by atoms with Crippen molar-refractivity contribution >= 4 is 29.2 Å². The molecule has 0 aliphatic carbocycles. The number of fused-ring (bicyclic) bond motifs is 4. The molecule has 2 aliphatic heterocycles. The molecule has 0 saturated carbocycles. The molecule has 2 aliphatic rings. The Labute approximate surface area is 212 Å². The van der Waals surface area contributed by atoms with Gasteiger partial charge in [0.2, 0.25) is 11.8 Å². The summed E-state index contributed by atoms with van der Waals surface area (Å²) in [6.45, 7) is 4.13. The maximum absolute atomic E-state index is 14.6. The molecule has 1 aromatic heterocycles. The first-order chi connectivity index (χ1) is 17.2. The quantitative estimate of drug-likeness (QED) is 0.545. The van der Waals surface area contributed by atoms with E-state index in [1.165, 1.54) is 11.7 Å². The number of ether oxygens (including phenoxy) is 2. The lowest BCUT2D eigenvalue weighted by atomic mass is 9.68. The average molecular weight is 506 g/mol. The molecule has 1 spiro atoms. The molecule has 3 aromatic rings. The number of carbonyl (C=O) groups excluding carboxylic acids is 2. The number of aryl methyl sites for hydroxylation is 1. The molecule has 5 rings (SSSR count). The van der Waals surface area contributed by atoms with Crippen LogP contribution in [0.15, 0.2) is 70.8 Å². The van der Waals surface area contributed by atoms with Crippen molar-refractivity contribution in [1.29, 1.82) is 0 Å². The molecule has 1 amide bonds. The number of carbonyl (C=O) groups is 2. The van der Waals surface area contributed by atoms with E-state index in [0.29, 0.717) is 28.5 Å². The third kappa shape index (κ3) is 3.18. The van der Waals surface area contributed by atoms with Crippen molar-refractivity contribution < 1.29 is 19.1 Å². The largest absolute Gasteiger partial charge is 0.465 e. The maximum atomic E-state index is 14.6. The van der Waals surface area contributed by atoms with Gasteiger partial charge in [0, 0.05) is 34.6 Å². The summed E-state index contributed by atoms with van der Waals surface area (Å²) in [5.41, 5.74) is 6.25. The van der Waals surface area contributed by atoms with E-state index in [9.17, 15) is 14.4 Å². The van der Waals surface area contributed by atoms with E-state index >= 15 is 0 Å². The summed E-state index contributed by atoms with van der Waals surface area (Å²) >= 11 is 6.20. The summed E-state index contributed by atoms with van der Waals surface area (Å²) < 4.78 is 12.4. The van der Waals surface area contributed by atoms with Gasteiger partial charge in [0.15, 0.2) is 0 Å². The molecular weight excluding hydrogens is 482 g/mol. The minimum absolute atomic E-state index is 0.0376. The number of nitrogens with two attached hydrogens (primary N) is 1. The Bertz CT molecular complexity index is 1530. The van der Waals surface area contributed by atoms with E-state index in [0.717, 1.165) is 5.56 Å². The van der Waals surface area contributed by atoms with Gasteiger partial charge in [0.1, 0.15) is 16.7 Å². The fourth-order valence-corrected chi connectivity index (χ4v) is 5.52. The Morgan fingerprint density at radius 1 is 1.14 bits per heavy atom. The van der Waals surface area contributed by atoms with Gasteiger partial charge >= 0.3 is 5.97 Å². The van der Waals surface area contributed by atoms with Crippen LogP contribution in [0.5, 0.6) is 5.75 Å². The minimum atomic E-state index is -1.85. The highest BCUT2D eigenvalue weighted by Gasteiger charge is 2.62. The predicted molar refractivity (Wildman–Crippen MR) is 135 cm³/mol. The molecule has 8 nitrogen and oxygen atoms in total. The highest BCUT2D eigenvalue weighted by Crippen LogP contribution is 2.54. The SMILES string of the molecule is CCn1c(C)cc2c(c1=O)C1(C(=O)N(Cc3cccc(Cl)c3)c3ccccc31)C(C(=O)OC)=C(N)O2. The highest BCUT2D eigenvalue weighted by atomic mass is 35.5. The fourth-order valence-electron chi connectivity index (χ4n) is 5.31. The summed E-state index contributed by atoms with van der Waals surface area (Å²) in [6, 6.07) is 15.9. The van der Waals surface area contributed by atoms with Crippen molar-refractivity contribution in [2.24, 2.45) is 5.73 Å². The molecule has 0 saturated heterocycles. The predicted octanol–water partition coefficient (Wildman–Crippen LogP) is 3.40. The number of hydrogen-bond donors (Lipinski definition) is 1. The van der Waals surface area contributed by atoms with E-state index in [-0.39, 0.29) is 29.3 Å². The van der Waals surface area contributed by atoms with Gasteiger partial charge in [-0.15, -0.1) is 0 Å². The van der Waals surface area contributed by atoms with Crippen LogP contribution in [0.3, 0.4) is 0 Å². The van der Waals surface area contributed by atoms with Crippen LogP contribution in [0.1, 0.15) is 29.3 Å². The third-order valence-corrected chi connectivity index (χ3v) is 7.02. The zero-order chi connectivity index (χ0) is 25.8. The third-order valence-electron chi connectivity index (χ3n) is 6.79. The van der Waals surface area contributed by atoms with E-state index in [1.54, 1.807) is 60.4 Å². The van der Waals surface area contributed by atoms with Crippen LogP contribution in [0.4, 0.5) is 5.69 Å². The van der Waals surface area contributed by atoms with Gasteiger partial charge in [0.25, 0.3) is 5.56 Å². The second-order valence-electron chi connectivity index (χ2n) is 8.70. The number of methoxy groups -OCH3 is 1.